The molecular formula is C18H27N. The summed E-state index contributed by atoms with van der Waals surface area (Å²) in [4.78, 5) is 0. The maximum absolute atomic E-state index is 6.13. The Morgan fingerprint density at radius 3 is 2.42 bits per heavy atom. The first-order chi connectivity index (χ1) is 9.34. The van der Waals surface area contributed by atoms with Gasteiger partial charge >= 0.3 is 0 Å². The topological polar surface area (TPSA) is 26.0 Å². The van der Waals surface area contributed by atoms with Gasteiger partial charge in [-0.25, -0.2) is 0 Å². The van der Waals surface area contributed by atoms with Gasteiger partial charge in [0.15, 0.2) is 0 Å². The molecule has 2 aliphatic carbocycles. The second-order valence-electron chi connectivity index (χ2n) is 6.65. The average molecular weight is 257 g/mol. The fourth-order valence-corrected chi connectivity index (χ4v) is 4.22. The van der Waals surface area contributed by atoms with Crippen molar-refractivity contribution in [1.29, 1.82) is 0 Å². The predicted molar refractivity (Wildman–Crippen MR) is 81.5 cm³/mol. The summed E-state index contributed by atoms with van der Waals surface area (Å²) in [5, 5.41) is 0. The third-order valence-electron chi connectivity index (χ3n) is 5.53. The minimum absolute atomic E-state index is 0.296. The summed E-state index contributed by atoms with van der Waals surface area (Å²) in [5.74, 6) is 0.810. The van der Waals surface area contributed by atoms with Crippen LogP contribution in [-0.2, 0) is 5.41 Å². The van der Waals surface area contributed by atoms with E-state index in [0.29, 0.717) is 5.41 Å². The van der Waals surface area contributed by atoms with Gasteiger partial charge in [-0.15, -0.1) is 0 Å². The zero-order valence-electron chi connectivity index (χ0n) is 12.0. The van der Waals surface area contributed by atoms with Crippen LogP contribution >= 0.6 is 0 Å². The van der Waals surface area contributed by atoms with Gasteiger partial charge in [-0.05, 0) is 42.7 Å². The minimum Gasteiger partial charge on any atom is -0.330 e. The van der Waals surface area contributed by atoms with Gasteiger partial charge in [0.1, 0.15) is 0 Å². The third kappa shape index (κ3) is 2.58. The quantitative estimate of drug-likeness (QED) is 0.847. The van der Waals surface area contributed by atoms with Gasteiger partial charge in [-0.1, -0.05) is 56.4 Å². The van der Waals surface area contributed by atoms with Crippen LogP contribution in [0.15, 0.2) is 24.3 Å². The number of benzene rings is 1. The fraction of sp³-hybridized carbons (Fsp3) is 0.667. The Morgan fingerprint density at radius 1 is 1.00 bits per heavy atom. The highest BCUT2D eigenvalue weighted by Crippen LogP contribution is 2.42. The van der Waals surface area contributed by atoms with E-state index in [1.165, 1.54) is 63.4 Å². The highest BCUT2D eigenvalue weighted by molar-refractivity contribution is 5.33. The summed E-state index contributed by atoms with van der Waals surface area (Å²) < 4.78 is 0. The van der Waals surface area contributed by atoms with E-state index in [2.05, 4.69) is 24.3 Å². The van der Waals surface area contributed by atoms with Crippen molar-refractivity contribution >= 4 is 0 Å². The second kappa shape index (κ2) is 5.66. The number of hydrogen-bond donors (Lipinski definition) is 1. The molecule has 1 heteroatoms. The van der Waals surface area contributed by atoms with Gasteiger partial charge in [0.05, 0.1) is 0 Å². The van der Waals surface area contributed by atoms with Crippen LogP contribution in [0.2, 0.25) is 0 Å². The lowest BCUT2D eigenvalue weighted by Crippen LogP contribution is -2.32. The van der Waals surface area contributed by atoms with Crippen LogP contribution < -0.4 is 5.73 Å². The van der Waals surface area contributed by atoms with E-state index in [9.17, 15) is 0 Å². The molecule has 2 fully saturated rings. The van der Waals surface area contributed by atoms with Crippen LogP contribution in [0.3, 0.4) is 0 Å². The SMILES string of the molecule is NCC1(c2cccc(C3CCCCC3)c2)CCCC1. The molecule has 1 aromatic carbocycles. The molecule has 19 heavy (non-hydrogen) atoms. The van der Waals surface area contributed by atoms with E-state index >= 15 is 0 Å². The van der Waals surface area contributed by atoms with Gasteiger partial charge in [0.25, 0.3) is 0 Å². The van der Waals surface area contributed by atoms with Crippen molar-refractivity contribution in [1.82, 2.24) is 0 Å². The van der Waals surface area contributed by atoms with E-state index < -0.39 is 0 Å². The summed E-state index contributed by atoms with van der Waals surface area (Å²) in [6.07, 6.45) is 12.3. The van der Waals surface area contributed by atoms with Gasteiger partial charge in [-0.3, -0.25) is 0 Å². The molecule has 1 aromatic rings. The monoisotopic (exact) mass is 257 g/mol. The van der Waals surface area contributed by atoms with E-state index in [-0.39, 0.29) is 0 Å². The molecule has 0 radical (unpaired) electrons. The van der Waals surface area contributed by atoms with Gasteiger partial charge in [-0.2, -0.15) is 0 Å². The van der Waals surface area contributed by atoms with Crippen molar-refractivity contribution in [3.8, 4) is 0 Å². The highest BCUT2D eigenvalue weighted by Gasteiger charge is 2.34. The molecule has 0 atom stereocenters. The van der Waals surface area contributed by atoms with E-state index in [0.717, 1.165) is 12.5 Å². The van der Waals surface area contributed by atoms with Crippen molar-refractivity contribution in [2.45, 2.75) is 69.1 Å². The Labute approximate surface area is 117 Å². The van der Waals surface area contributed by atoms with E-state index in [4.69, 9.17) is 5.73 Å². The summed E-state index contributed by atoms with van der Waals surface area (Å²) in [6.45, 7) is 0.821. The summed E-state index contributed by atoms with van der Waals surface area (Å²) in [6, 6.07) is 9.44. The normalized spacial score (nSPS) is 23.6. The average Bonchev–Trinajstić information content (AvgIpc) is 2.98. The maximum atomic E-state index is 6.13. The smallest absolute Gasteiger partial charge is 0.00756 e. The number of rotatable bonds is 3. The molecule has 0 aliphatic heterocycles. The number of hydrogen-bond acceptors (Lipinski definition) is 1. The predicted octanol–water partition coefficient (Wildman–Crippen LogP) is 4.50. The zero-order valence-corrected chi connectivity index (χ0v) is 12.0. The molecule has 2 N–H and O–H groups in total. The lowest BCUT2D eigenvalue weighted by molar-refractivity contribution is 0.436. The lowest BCUT2D eigenvalue weighted by Gasteiger charge is -2.30. The standard InChI is InChI=1S/C18H27N/c19-14-18(11-4-5-12-18)17-10-6-9-16(13-17)15-7-2-1-3-8-15/h6,9-10,13,15H,1-5,7-8,11-12,14,19H2. The van der Waals surface area contributed by atoms with Crippen molar-refractivity contribution in [3.05, 3.63) is 35.4 Å². The highest BCUT2D eigenvalue weighted by atomic mass is 14.6. The van der Waals surface area contributed by atoms with E-state index in [1.807, 2.05) is 0 Å². The zero-order chi connectivity index (χ0) is 13.1. The molecule has 0 heterocycles. The maximum Gasteiger partial charge on any atom is 0.00756 e. The second-order valence-corrected chi connectivity index (χ2v) is 6.65. The first-order valence-corrected chi connectivity index (χ1v) is 8.15. The molecule has 2 aliphatic rings. The van der Waals surface area contributed by atoms with Crippen molar-refractivity contribution < 1.29 is 0 Å². The summed E-state index contributed by atoms with van der Waals surface area (Å²) in [7, 11) is 0. The molecule has 0 unspecified atom stereocenters. The lowest BCUT2D eigenvalue weighted by atomic mass is 9.76. The van der Waals surface area contributed by atoms with Crippen LogP contribution in [0.5, 0.6) is 0 Å². The Morgan fingerprint density at radius 2 is 1.74 bits per heavy atom. The van der Waals surface area contributed by atoms with Crippen molar-refractivity contribution in [2.24, 2.45) is 5.73 Å². The van der Waals surface area contributed by atoms with Gasteiger partial charge < -0.3 is 5.73 Å². The molecule has 0 bridgehead atoms. The largest absolute Gasteiger partial charge is 0.330 e. The molecule has 1 nitrogen and oxygen atoms in total. The first kappa shape index (κ1) is 13.2. The Hall–Kier alpha value is -0.820. The molecule has 0 saturated heterocycles. The summed E-state index contributed by atoms with van der Waals surface area (Å²) >= 11 is 0. The molecular weight excluding hydrogens is 230 g/mol. The van der Waals surface area contributed by atoms with Crippen LogP contribution in [0, 0.1) is 0 Å². The molecule has 0 aromatic heterocycles. The summed E-state index contributed by atoms with van der Waals surface area (Å²) in [5.41, 5.74) is 9.53. The van der Waals surface area contributed by atoms with Crippen molar-refractivity contribution in [2.75, 3.05) is 6.54 Å². The fourth-order valence-electron chi connectivity index (χ4n) is 4.22. The van der Waals surface area contributed by atoms with Gasteiger partial charge in [0.2, 0.25) is 0 Å². The van der Waals surface area contributed by atoms with Crippen LogP contribution in [0.4, 0.5) is 0 Å². The van der Waals surface area contributed by atoms with Crippen LogP contribution in [0.25, 0.3) is 0 Å². The van der Waals surface area contributed by atoms with Gasteiger partial charge in [0, 0.05) is 12.0 Å². The molecule has 0 amide bonds. The molecule has 104 valence electrons. The van der Waals surface area contributed by atoms with Crippen LogP contribution in [-0.4, -0.2) is 6.54 Å². The molecule has 0 spiro atoms. The third-order valence-corrected chi connectivity index (χ3v) is 5.53. The number of nitrogens with two attached hydrogens (primary N) is 1. The first-order valence-electron chi connectivity index (χ1n) is 8.15. The molecule has 2 saturated carbocycles. The van der Waals surface area contributed by atoms with Crippen molar-refractivity contribution in [3.63, 3.8) is 0 Å². The Bertz CT molecular complexity index is 411. The minimum atomic E-state index is 0.296. The Balaban J connectivity index is 1.86. The molecule has 3 rings (SSSR count). The van der Waals surface area contributed by atoms with Crippen LogP contribution in [0.1, 0.15) is 74.8 Å². The van der Waals surface area contributed by atoms with E-state index in [1.54, 1.807) is 5.56 Å². The Kier molecular flexibility index (Phi) is 3.93.